The maximum atomic E-state index is 5.44. The Morgan fingerprint density at radius 3 is 2.71 bits per heavy atom. The molecule has 0 unspecified atom stereocenters. The van der Waals surface area contributed by atoms with Crippen molar-refractivity contribution < 1.29 is 4.74 Å². The van der Waals surface area contributed by atoms with Crippen molar-refractivity contribution in [3.63, 3.8) is 0 Å². The number of hydrogen-bond donors (Lipinski definition) is 2. The summed E-state index contributed by atoms with van der Waals surface area (Å²) in [5.41, 5.74) is 1.51. The van der Waals surface area contributed by atoms with Crippen LogP contribution in [0.3, 0.4) is 0 Å². The molecule has 0 aliphatic heterocycles. The average molecular weight is 514 g/mol. The van der Waals surface area contributed by atoms with Crippen LogP contribution in [0.1, 0.15) is 41.1 Å². The number of halogens is 1. The van der Waals surface area contributed by atoms with Crippen molar-refractivity contribution in [2.75, 3.05) is 27.2 Å². The lowest BCUT2D eigenvalue weighted by Gasteiger charge is -2.31. The number of hydrogen-bond acceptors (Lipinski definition) is 4. The van der Waals surface area contributed by atoms with Gasteiger partial charge in [0.15, 0.2) is 5.96 Å². The van der Waals surface area contributed by atoms with Gasteiger partial charge in [-0.1, -0.05) is 25.0 Å². The molecule has 154 valence electrons. The highest BCUT2D eigenvalue weighted by molar-refractivity contribution is 14.0. The topological polar surface area (TPSA) is 58.5 Å². The zero-order chi connectivity index (χ0) is 19.1. The summed E-state index contributed by atoms with van der Waals surface area (Å²) >= 11 is 1.76. The predicted molar refractivity (Wildman–Crippen MR) is 128 cm³/mol. The Morgan fingerprint density at radius 2 is 2.07 bits per heavy atom. The number of aryl methyl sites for hydroxylation is 1. The minimum atomic E-state index is 0. The molecular formula is C21H31IN4OS. The first kappa shape index (κ1) is 22.9. The van der Waals surface area contributed by atoms with Crippen molar-refractivity contribution in [3.05, 3.63) is 45.9 Å². The van der Waals surface area contributed by atoms with E-state index in [-0.39, 0.29) is 29.4 Å². The number of aromatic nitrogens is 1. The summed E-state index contributed by atoms with van der Waals surface area (Å²) in [6, 6.07) is 8.53. The number of rotatable bonds is 7. The van der Waals surface area contributed by atoms with Crippen molar-refractivity contribution in [2.24, 2.45) is 4.99 Å². The van der Waals surface area contributed by atoms with Gasteiger partial charge < -0.3 is 15.4 Å². The molecule has 28 heavy (non-hydrogen) atoms. The molecule has 1 aromatic heterocycles. The molecule has 0 bridgehead atoms. The number of nitrogens with zero attached hydrogens (tertiary/aromatic N) is 2. The van der Waals surface area contributed by atoms with Crippen molar-refractivity contribution in [1.82, 2.24) is 15.6 Å². The van der Waals surface area contributed by atoms with Gasteiger partial charge in [-0.3, -0.25) is 4.99 Å². The van der Waals surface area contributed by atoms with Crippen molar-refractivity contribution >= 4 is 41.3 Å². The van der Waals surface area contributed by atoms with Gasteiger partial charge in [-0.25, -0.2) is 4.98 Å². The van der Waals surface area contributed by atoms with Crippen molar-refractivity contribution in [2.45, 2.75) is 44.4 Å². The van der Waals surface area contributed by atoms with E-state index >= 15 is 0 Å². The van der Waals surface area contributed by atoms with Gasteiger partial charge in [-0.2, -0.15) is 0 Å². The number of benzene rings is 1. The zero-order valence-electron chi connectivity index (χ0n) is 17.0. The van der Waals surface area contributed by atoms with E-state index in [0.717, 1.165) is 31.2 Å². The molecule has 0 saturated heterocycles. The van der Waals surface area contributed by atoms with E-state index < -0.39 is 0 Å². The molecule has 0 radical (unpaired) electrons. The lowest BCUT2D eigenvalue weighted by Crippen LogP contribution is -2.45. The van der Waals surface area contributed by atoms with E-state index in [1.54, 1.807) is 18.4 Å². The molecule has 1 aliphatic rings. The quantitative estimate of drug-likeness (QED) is 0.329. The average Bonchev–Trinajstić information content (AvgIpc) is 3.34. The minimum Gasteiger partial charge on any atom is -0.497 e. The van der Waals surface area contributed by atoms with E-state index in [0.29, 0.717) is 0 Å². The highest BCUT2D eigenvalue weighted by Gasteiger charge is 2.36. The lowest BCUT2D eigenvalue weighted by molar-refractivity contribution is 0.404. The predicted octanol–water partition coefficient (Wildman–Crippen LogP) is 4.30. The smallest absolute Gasteiger partial charge is 0.191 e. The maximum Gasteiger partial charge on any atom is 0.191 e. The number of ether oxygens (including phenoxy) is 1. The molecule has 0 atom stereocenters. The van der Waals surface area contributed by atoms with Crippen LogP contribution < -0.4 is 15.4 Å². The van der Waals surface area contributed by atoms with Crippen molar-refractivity contribution in [3.8, 4) is 5.75 Å². The number of guanidine groups is 1. The first-order valence-electron chi connectivity index (χ1n) is 9.65. The van der Waals surface area contributed by atoms with E-state index in [4.69, 9.17) is 4.74 Å². The van der Waals surface area contributed by atoms with Crippen LogP contribution >= 0.6 is 35.3 Å². The van der Waals surface area contributed by atoms with Crippen LogP contribution in [0.4, 0.5) is 0 Å². The van der Waals surface area contributed by atoms with Gasteiger partial charge in [0.25, 0.3) is 0 Å². The monoisotopic (exact) mass is 514 g/mol. The minimum absolute atomic E-state index is 0. The van der Waals surface area contributed by atoms with Crippen LogP contribution in [-0.2, 0) is 11.8 Å². The second kappa shape index (κ2) is 11.0. The Morgan fingerprint density at radius 1 is 1.29 bits per heavy atom. The van der Waals surface area contributed by atoms with Crippen LogP contribution in [-0.4, -0.2) is 38.2 Å². The van der Waals surface area contributed by atoms with Gasteiger partial charge in [0.2, 0.25) is 0 Å². The molecule has 1 heterocycles. The standard InChI is InChI=1S/C21H30N4OS.HI/c1-16-14-24-19(27-16)9-12-23-20(22-2)25-15-21(10-4-5-11-21)17-7-6-8-18(13-17)26-3;/h6-8,13-14H,4-5,9-12,15H2,1-3H3,(H2,22,23,25);1H. The maximum absolute atomic E-state index is 5.44. The van der Waals surface area contributed by atoms with E-state index in [9.17, 15) is 0 Å². The van der Waals surface area contributed by atoms with E-state index in [1.165, 1.54) is 41.1 Å². The van der Waals surface area contributed by atoms with Crippen molar-refractivity contribution in [1.29, 1.82) is 0 Å². The number of methoxy groups -OCH3 is 1. The fraction of sp³-hybridized carbons (Fsp3) is 0.524. The molecule has 1 aromatic carbocycles. The Bertz CT molecular complexity index is 771. The van der Waals surface area contributed by atoms with Crippen LogP contribution in [0.25, 0.3) is 0 Å². The SMILES string of the molecule is CN=C(NCCc1ncc(C)s1)NCC1(c2cccc(OC)c2)CCCC1.I. The Hall–Kier alpha value is -1.35. The zero-order valence-corrected chi connectivity index (χ0v) is 20.1. The van der Waals surface area contributed by atoms with E-state index in [1.807, 2.05) is 19.3 Å². The first-order valence-corrected chi connectivity index (χ1v) is 10.5. The fourth-order valence-electron chi connectivity index (χ4n) is 3.85. The summed E-state index contributed by atoms with van der Waals surface area (Å²) in [4.78, 5) is 10.1. The van der Waals surface area contributed by atoms with Gasteiger partial charge in [0, 0.05) is 43.0 Å². The molecule has 5 nitrogen and oxygen atoms in total. The lowest BCUT2D eigenvalue weighted by atomic mass is 9.78. The van der Waals surface area contributed by atoms with Gasteiger partial charge in [0.1, 0.15) is 5.75 Å². The molecular weight excluding hydrogens is 483 g/mol. The van der Waals surface area contributed by atoms with Crippen LogP contribution in [0.5, 0.6) is 5.75 Å². The van der Waals surface area contributed by atoms with Crippen LogP contribution in [0.15, 0.2) is 35.5 Å². The Labute approximate surface area is 189 Å². The number of aliphatic imine (C=N–C) groups is 1. The van der Waals surface area contributed by atoms with Gasteiger partial charge >= 0.3 is 0 Å². The Balaban J connectivity index is 0.00000280. The summed E-state index contributed by atoms with van der Waals surface area (Å²) in [5, 5.41) is 8.15. The second-order valence-electron chi connectivity index (χ2n) is 7.19. The molecule has 2 N–H and O–H groups in total. The second-order valence-corrected chi connectivity index (χ2v) is 8.51. The summed E-state index contributed by atoms with van der Waals surface area (Å²) in [6.07, 6.45) is 7.79. The summed E-state index contributed by atoms with van der Waals surface area (Å²) in [7, 11) is 3.56. The first-order chi connectivity index (χ1) is 13.1. The Kier molecular flexibility index (Phi) is 9.01. The number of nitrogens with one attached hydrogen (secondary N) is 2. The molecule has 1 saturated carbocycles. The third kappa shape index (κ3) is 5.83. The van der Waals surface area contributed by atoms with Gasteiger partial charge in [-0.15, -0.1) is 35.3 Å². The highest BCUT2D eigenvalue weighted by Crippen LogP contribution is 2.41. The third-order valence-electron chi connectivity index (χ3n) is 5.36. The normalized spacial score (nSPS) is 15.8. The van der Waals surface area contributed by atoms with Crippen LogP contribution in [0.2, 0.25) is 0 Å². The van der Waals surface area contributed by atoms with Gasteiger partial charge in [-0.05, 0) is 37.5 Å². The largest absolute Gasteiger partial charge is 0.497 e. The molecule has 7 heteroatoms. The molecule has 1 fully saturated rings. The molecule has 1 aliphatic carbocycles. The summed E-state index contributed by atoms with van der Waals surface area (Å²) in [6.45, 7) is 3.81. The summed E-state index contributed by atoms with van der Waals surface area (Å²) in [5.74, 6) is 1.79. The molecule has 0 spiro atoms. The number of thiazole rings is 1. The third-order valence-corrected chi connectivity index (χ3v) is 6.33. The summed E-state index contributed by atoms with van der Waals surface area (Å²) < 4.78 is 5.44. The van der Waals surface area contributed by atoms with E-state index in [2.05, 4.69) is 45.7 Å². The van der Waals surface area contributed by atoms with Crippen LogP contribution in [0, 0.1) is 6.92 Å². The van der Waals surface area contributed by atoms with Gasteiger partial charge in [0.05, 0.1) is 12.1 Å². The fourth-order valence-corrected chi connectivity index (χ4v) is 4.64. The molecule has 2 aromatic rings. The highest BCUT2D eigenvalue weighted by atomic mass is 127. The molecule has 3 rings (SSSR count). The molecule has 0 amide bonds.